The summed E-state index contributed by atoms with van der Waals surface area (Å²) < 4.78 is 5.50. The Morgan fingerprint density at radius 2 is 0.617 bits per heavy atom. The molecule has 2 atom stereocenters. The summed E-state index contributed by atoms with van der Waals surface area (Å²) in [5.74, 6) is -0.0227. The first kappa shape index (κ1) is 79.3. The van der Waals surface area contributed by atoms with Crippen LogP contribution in [0.15, 0.2) is 24.3 Å². The fraction of sp³-hybridized carbons (Fsp3) is 0.920. The third-order valence-electron chi connectivity index (χ3n) is 17.5. The van der Waals surface area contributed by atoms with Crippen molar-refractivity contribution in [3.05, 3.63) is 24.3 Å². The van der Waals surface area contributed by atoms with E-state index in [1.165, 1.54) is 340 Å². The van der Waals surface area contributed by atoms with E-state index in [1.54, 1.807) is 0 Å². The van der Waals surface area contributed by atoms with Gasteiger partial charge in [0.25, 0.3) is 0 Å². The number of hydrogen-bond donors (Lipinski definition) is 3. The lowest BCUT2D eigenvalue weighted by atomic mass is 10.0. The van der Waals surface area contributed by atoms with E-state index in [1.807, 2.05) is 0 Å². The van der Waals surface area contributed by atoms with E-state index < -0.39 is 12.1 Å². The summed E-state index contributed by atoms with van der Waals surface area (Å²) in [6.07, 6.45) is 89.5. The van der Waals surface area contributed by atoms with Gasteiger partial charge in [0.15, 0.2) is 0 Å². The number of hydrogen-bond acceptors (Lipinski definition) is 5. The van der Waals surface area contributed by atoms with Gasteiger partial charge in [-0.15, -0.1) is 0 Å². The van der Waals surface area contributed by atoms with Crippen LogP contribution in [0.25, 0.3) is 0 Å². The van der Waals surface area contributed by atoms with Crippen LogP contribution in [0.5, 0.6) is 0 Å². The summed E-state index contributed by atoms with van der Waals surface area (Å²) in [4.78, 5) is 24.6. The lowest BCUT2D eigenvalue weighted by Crippen LogP contribution is -2.45. The van der Waals surface area contributed by atoms with Crippen LogP contribution in [-0.2, 0) is 14.3 Å². The van der Waals surface area contributed by atoms with Crippen LogP contribution in [0.3, 0.4) is 0 Å². The number of carbonyl (C=O) groups excluding carboxylic acids is 2. The second kappa shape index (κ2) is 70.8. The number of carbonyl (C=O) groups is 2. The van der Waals surface area contributed by atoms with Gasteiger partial charge in [-0.1, -0.05) is 372 Å². The number of esters is 1. The highest BCUT2D eigenvalue weighted by atomic mass is 16.5. The fourth-order valence-corrected chi connectivity index (χ4v) is 11.9. The third-order valence-corrected chi connectivity index (χ3v) is 17.5. The van der Waals surface area contributed by atoms with Gasteiger partial charge in [-0.25, -0.2) is 0 Å². The largest absolute Gasteiger partial charge is 0.466 e. The molecule has 0 aliphatic heterocycles. The first-order valence-electron chi connectivity index (χ1n) is 37.1. The molecule has 0 radical (unpaired) electrons. The zero-order valence-electron chi connectivity index (χ0n) is 55.0. The Labute approximate surface area is 507 Å². The van der Waals surface area contributed by atoms with Gasteiger partial charge in [0.2, 0.25) is 5.91 Å². The molecule has 0 bridgehead atoms. The van der Waals surface area contributed by atoms with Crippen LogP contribution in [-0.4, -0.2) is 47.4 Å². The molecule has 0 aliphatic carbocycles. The van der Waals surface area contributed by atoms with Gasteiger partial charge in [-0.2, -0.15) is 0 Å². The summed E-state index contributed by atoms with van der Waals surface area (Å²) in [6, 6.07) is -0.547. The number of nitrogens with one attached hydrogen (secondary N) is 1. The summed E-state index contributed by atoms with van der Waals surface area (Å²) >= 11 is 0. The van der Waals surface area contributed by atoms with E-state index >= 15 is 0 Å². The molecular formula is C75H145NO5. The minimum Gasteiger partial charge on any atom is -0.466 e. The van der Waals surface area contributed by atoms with Crippen LogP contribution in [0.1, 0.15) is 418 Å². The van der Waals surface area contributed by atoms with E-state index in [0.29, 0.717) is 25.9 Å². The maximum atomic E-state index is 12.6. The normalized spacial score (nSPS) is 12.6. The van der Waals surface area contributed by atoms with Gasteiger partial charge in [-0.3, -0.25) is 9.59 Å². The molecule has 0 rings (SSSR count). The molecule has 0 fully saturated rings. The molecule has 0 aromatic rings. The monoisotopic (exact) mass is 1140 g/mol. The number of aliphatic hydroxyl groups excluding tert-OH is 2. The Bertz CT molecular complexity index is 1270. The lowest BCUT2D eigenvalue weighted by Gasteiger charge is -2.22. The van der Waals surface area contributed by atoms with Crippen LogP contribution < -0.4 is 5.32 Å². The fourth-order valence-electron chi connectivity index (χ4n) is 11.9. The van der Waals surface area contributed by atoms with Crippen molar-refractivity contribution >= 4 is 11.9 Å². The van der Waals surface area contributed by atoms with Crippen molar-refractivity contribution in [2.45, 2.75) is 431 Å². The molecule has 0 aromatic carbocycles. The van der Waals surface area contributed by atoms with Gasteiger partial charge < -0.3 is 20.3 Å². The molecule has 0 aromatic heterocycles. The second-order valence-electron chi connectivity index (χ2n) is 25.6. The molecule has 0 heterocycles. The number of ether oxygens (including phenoxy) is 1. The van der Waals surface area contributed by atoms with E-state index in [0.717, 1.165) is 44.9 Å². The summed E-state index contributed by atoms with van der Waals surface area (Å²) in [5.41, 5.74) is 0. The van der Waals surface area contributed by atoms with Crippen LogP contribution in [0, 0.1) is 0 Å². The van der Waals surface area contributed by atoms with Crippen LogP contribution in [0.4, 0.5) is 0 Å². The Morgan fingerprint density at radius 3 is 0.938 bits per heavy atom. The summed E-state index contributed by atoms with van der Waals surface area (Å²) in [6.45, 7) is 5.00. The van der Waals surface area contributed by atoms with Crippen molar-refractivity contribution < 1.29 is 24.5 Å². The predicted octanol–water partition coefficient (Wildman–Crippen LogP) is 24.1. The molecule has 81 heavy (non-hydrogen) atoms. The SMILES string of the molecule is CCCCCCCCCCCCCCCCCCCCCCCCCC(O)C(CO)NC(=O)CCCCCCCCCCC/C=C\C/C=C\CCCCCCCCCCCOC(=O)CCCCCCCCCCCCCCCCCC. The van der Waals surface area contributed by atoms with Crippen LogP contribution >= 0.6 is 0 Å². The standard InChI is InChI=1S/C75H145NO5/c1-3-5-7-9-11-13-15-17-19-21-22-23-27-30-33-36-39-43-47-51-55-59-63-67-73(78)72(71-77)76-74(79)68-64-60-56-52-48-44-40-37-34-31-28-25-24-26-29-32-35-38-42-46-50-54-58-62-66-70-81-75(80)69-65-61-57-53-49-45-41-20-18-16-14-12-10-8-6-4-2/h25-26,28-29,72-73,77-78H,3-24,27,30-71H2,1-2H3,(H,76,79)/b28-25-,29-26-. The van der Waals surface area contributed by atoms with Crippen molar-refractivity contribution in [2.75, 3.05) is 13.2 Å². The molecule has 0 aliphatic rings. The van der Waals surface area contributed by atoms with E-state index in [9.17, 15) is 19.8 Å². The first-order valence-corrected chi connectivity index (χ1v) is 37.1. The highest BCUT2D eigenvalue weighted by Gasteiger charge is 2.20. The summed E-state index contributed by atoms with van der Waals surface area (Å²) in [5, 5.41) is 23.4. The minimum atomic E-state index is -0.670. The maximum Gasteiger partial charge on any atom is 0.305 e. The number of allylic oxidation sites excluding steroid dienone is 4. The Kier molecular flexibility index (Phi) is 69.4. The Hall–Kier alpha value is -1.66. The Balaban J connectivity index is 3.42. The lowest BCUT2D eigenvalue weighted by molar-refractivity contribution is -0.143. The molecule has 3 N–H and O–H groups in total. The van der Waals surface area contributed by atoms with E-state index in [4.69, 9.17) is 4.74 Å². The molecule has 0 saturated carbocycles. The van der Waals surface area contributed by atoms with Crippen molar-refractivity contribution in [1.29, 1.82) is 0 Å². The maximum absolute atomic E-state index is 12.6. The zero-order chi connectivity index (χ0) is 58.5. The molecule has 6 heteroatoms. The van der Waals surface area contributed by atoms with Crippen LogP contribution in [0.2, 0.25) is 0 Å². The second-order valence-corrected chi connectivity index (χ2v) is 25.6. The number of amides is 1. The van der Waals surface area contributed by atoms with Crippen molar-refractivity contribution in [1.82, 2.24) is 5.32 Å². The molecule has 2 unspecified atom stereocenters. The van der Waals surface area contributed by atoms with Gasteiger partial charge >= 0.3 is 5.97 Å². The smallest absolute Gasteiger partial charge is 0.305 e. The van der Waals surface area contributed by atoms with Gasteiger partial charge in [-0.05, 0) is 57.8 Å². The van der Waals surface area contributed by atoms with Gasteiger partial charge in [0.1, 0.15) is 0 Å². The highest BCUT2D eigenvalue weighted by molar-refractivity contribution is 5.76. The number of rotatable bonds is 70. The third kappa shape index (κ3) is 67.3. The molecule has 1 amide bonds. The first-order chi connectivity index (χ1) is 40.0. The van der Waals surface area contributed by atoms with Gasteiger partial charge in [0.05, 0.1) is 25.4 Å². The highest BCUT2D eigenvalue weighted by Crippen LogP contribution is 2.19. The molecule has 6 nitrogen and oxygen atoms in total. The van der Waals surface area contributed by atoms with Crippen molar-refractivity contribution in [2.24, 2.45) is 0 Å². The summed E-state index contributed by atoms with van der Waals surface area (Å²) in [7, 11) is 0. The quantitative estimate of drug-likeness (QED) is 0.0320. The van der Waals surface area contributed by atoms with E-state index in [2.05, 4.69) is 43.5 Å². The molecule has 0 saturated heterocycles. The van der Waals surface area contributed by atoms with E-state index in [-0.39, 0.29) is 18.5 Å². The van der Waals surface area contributed by atoms with Crippen molar-refractivity contribution in [3.63, 3.8) is 0 Å². The molecule has 480 valence electrons. The zero-order valence-corrected chi connectivity index (χ0v) is 55.0. The average molecular weight is 1140 g/mol. The molecular weight excluding hydrogens is 995 g/mol. The average Bonchev–Trinajstić information content (AvgIpc) is 3.47. The predicted molar refractivity (Wildman–Crippen MR) is 356 cm³/mol. The topological polar surface area (TPSA) is 95.9 Å². The van der Waals surface area contributed by atoms with Crippen molar-refractivity contribution in [3.8, 4) is 0 Å². The van der Waals surface area contributed by atoms with Gasteiger partial charge in [0, 0.05) is 12.8 Å². The Morgan fingerprint density at radius 1 is 0.346 bits per heavy atom. The minimum absolute atomic E-state index is 0.0135. The molecule has 0 spiro atoms. The number of aliphatic hydroxyl groups is 2. The number of unbranched alkanes of at least 4 members (excludes halogenated alkanes) is 55.